The molecule has 3 rings (SSSR count). The van der Waals surface area contributed by atoms with Crippen molar-refractivity contribution < 1.29 is 19.5 Å². The fourth-order valence-corrected chi connectivity index (χ4v) is 2.91. The van der Waals surface area contributed by atoms with Crippen LogP contribution in [0.1, 0.15) is 12.8 Å². The number of hydrogen-bond acceptors (Lipinski definition) is 3. The van der Waals surface area contributed by atoms with Crippen LogP contribution in [0.2, 0.25) is 0 Å². The first-order chi connectivity index (χ1) is 7.00. The highest BCUT2D eigenvalue weighted by Gasteiger charge is 2.45. The summed E-state index contributed by atoms with van der Waals surface area (Å²) in [6, 6.07) is 0. The first kappa shape index (κ1) is 10.5. The van der Waals surface area contributed by atoms with Crippen LogP contribution in [0.5, 0.6) is 0 Å². The Morgan fingerprint density at radius 3 is 2.67 bits per heavy atom. The number of carboxylic acid groups (broad SMARTS) is 1. The molecule has 0 radical (unpaired) electrons. The van der Waals surface area contributed by atoms with E-state index in [1.54, 1.807) is 6.08 Å². The van der Waals surface area contributed by atoms with E-state index in [4.69, 9.17) is 5.11 Å². The van der Waals surface area contributed by atoms with Gasteiger partial charge in [-0.15, -0.1) is 0 Å². The van der Waals surface area contributed by atoms with Gasteiger partial charge >= 0.3 is 5.97 Å². The van der Waals surface area contributed by atoms with Crippen LogP contribution in [0.15, 0.2) is 10.6 Å². The van der Waals surface area contributed by atoms with Crippen LogP contribution in [-0.4, -0.2) is 22.6 Å². The van der Waals surface area contributed by atoms with Gasteiger partial charge in [0.15, 0.2) is 0 Å². The van der Waals surface area contributed by atoms with Gasteiger partial charge in [0.25, 0.3) is 0 Å². The Balaban J connectivity index is 2.45. The van der Waals surface area contributed by atoms with Gasteiger partial charge in [0.05, 0.1) is 24.2 Å². The third kappa shape index (κ3) is 1.65. The molecule has 15 heavy (non-hydrogen) atoms. The summed E-state index contributed by atoms with van der Waals surface area (Å²) in [5, 5.41) is 8.97. The lowest BCUT2D eigenvalue weighted by Gasteiger charge is -2.25. The van der Waals surface area contributed by atoms with Crippen LogP contribution in [0.3, 0.4) is 0 Å². The van der Waals surface area contributed by atoms with Crippen molar-refractivity contribution >= 4 is 33.5 Å². The summed E-state index contributed by atoms with van der Waals surface area (Å²) >= 11 is 3.23. The highest BCUT2D eigenvalue weighted by molar-refractivity contribution is 9.11. The third-order valence-electron chi connectivity index (χ3n) is 3.02. The molecule has 0 saturated heterocycles. The van der Waals surface area contributed by atoms with Crippen LogP contribution in [0.25, 0.3) is 0 Å². The van der Waals surface area contributed by atoms with E-state index in [2.05, 4.69) is 15.9 Å². The Morgan fingerprint density at radius 1 is 1.40 bits per heavy atom. The van der Waals surface area contributed by atoms with Gasteiger partial charge < -0.3 is 5.11 Å². The van der Waals surface area contributed by atoms with E-state index in [1.807, 2.05) is 0 Å². The molecule has 1 N–H and O–H groups in total. The molecule has 5 heteroatoms. The maximum atomic E-state index is 11.6. The molecule has 2 bridgehead atoms. The van der Waals surface area contributed by atoms with Gasteiger partial charge in [-0.3, -0.25) is 14.4 Å². The molecule has 0 aromatic heterocycles. The van der Waals surface area contributed by atoms with Crippen LogP contribution in [-0.2, 0) is 14.4 Å². The smallest absolute Gasteiger partial charge is 0.307 e. The minimum Gasteiger partial charge on any atom is -0.481 e. The number of rotatable bonds is 1. The van der Waals surface area contributed by atoms with E-state index in [9.17, 15) is 14.4 Å². The maximum absolute atomic E-state index is 11.6. The van der Waals surface area contributed by atoms with Gasteiger partial charge in [-0.25, -0.2) is 0 Å². The Bertz CT molecular complexity index is 385. The minimum absolute atomic E-state index is 0.134. The topological polar surface area (TPSA) is 71.4 Å². The summed E-state index contributed by atoms with van der Waals surface area (Å²) in [6.07, 6.45) is 1.69. The minimum atomic E-state index is -0.996. The average Bonchev–Trinajstić information content (AvgIpc) is 2.32. The third-order valence-corrected chi connectivity index (χ3v) is 3.84. The monoisotopic (exact) mass is 272 g/mol. The summed E-state index contributed by atoms with van der Waals surface area (Å²) in [6.45, 7) is 0. The van der Waals surface area contributed by atoms with E-state index in [0.717, 1.165) is 0 Å². The summed E-state index contributed by atoms with van der Waals surface area (Å²) in [4.78, 5) is 34.1. The maximum Gasteiger partial charge on any atom is 0.307 e. The number of carboxylic acids is 1. The standard InChI is InChI=1S/C10H9BrO4/c11-7-2-4-5(10(14)15)1-6(7)9(13)3-8(4)12/h2,4-6H,1,3H2,(H,14,15). The van der Waals surface area contributed by atoms with Crippen LogP contribution < -0.4 is 0 Å². The molecule has 4 nitrogen and oxygen atoms in total. The average molecular weight is 273 g/mol. The quantitative estimate of drug-likeness (QED) is 0.727. The van der Waals surface area contributed by atoms with Crippen molar-refractivity contribution in [1.29, 1.82) is 0 Å². The lowest BCUT2D eigenvalue weighted by Crippen LogP contribution is -2.30. The van der Waals surface area contributed by atoms with Crippen molar-refractivity contribution in [3.8, 4) is 0 Å². The number of halogens is 1. The second kappa shape index (κ2) is 3.56. The largest absolute Gasteiger partial charge is 0.481 e. The molecule has 0 aromatic carbocycles. The van der Waals surface area contributed by atoms with Crippen molar-refractivity contribution in [3.05, 3.63) is 10.6 Å². The summed E-state index contributed by atoms with van der Waals surface area (Å²) in [7, 11) is 0. The highest BCUT2D eigenvalue weighted by atomic mass is 79.9. The van der Waals surface area contributed by atoms with E-state index >= 15 is 0 Å². The highest BCUT2D eigenvalue weighted by Crippen LogP contribution is 2.41. The Morgan fingerprint density at radius 2 is 2.07 bits per heavy atom. The van der Waals surface area contributed by atoms with Gasteiger partial charge in [0, 0.05) is 4.48 Å². The second-order valence-electron chi connectivity index (χ2n) is 3.92. The van der Waals surface area contributed by atoms with E-state index < -0.39 is 23.7 Å². The van der Waals surface area contributed by atoms with Gasteiger partial charge in [0.2, 0.25) is 0 Å². The fourth-order valence-electron chi connectivity index (χ4n) is 2.19. The number of Topliss-reactive ketones (excluding diaryl/α,β-unsaturated/α-hetero) is 2. The fraction of sp³-hybridized carbons (Fsp3) is 0.500. The Labute approximate surface area is 94.5 Å². The van der Waals surface area contributed by atoms with E-state index in [-0.39, 0.29) is 24.4 Å². The molecular formula is C10H9BrO4. The van der Waals surface area contributed by atoms with Crippen molar-refractivity contribution in [2.24, 2.45) is 17.8 Å². The van der Waals surface area contributed by atoms with Gasteiger partial charge in [-0.1, -0.05) is 22.0 Å². The number of fused-ring (bicyclic) bond motifs is 3. The van der Waals surface area contributed by atoms with E-state index in [1.165, 1.54) is 0 Å². The molecule has 1 fully saturated rings. The lowest BCUT2D eigenvalue weighted by molar-refractivity contribution is -0.145. The molecule has 3 unspecified atom stereocenters. The molecule has 0 spiro atoms. The van der Waals surface area contributed by atoms with Gasteiger partial charge in [-0.05, 0) is 6.42 Å². The number of carbonyl (C=O) groups excluding carboxylic acids is 2. The van der Waals surface area contributed by atoms with Crippen molar-refractivity contribution in [3.63, 3.8) is 0 Å². The predicted octanol–water partition coefficient (Wildman–Crippen LogP) is 1.14. The van der Waals surface area contributed by atoms with Gasteiger partial charge in [-0.2, -0.15) is 0 Å². The molecule has 3 aliphatic carbocycles. The Kier molecular flexibility index (Phi) is 2.50. The zero-order valence-electron chi connectivity index (χ0n) is 7.77. The van der Waals surface area contributed by atoms with Crippen LogP contribution in [0.4, 0.5) is 0 Å². The molecule has 0 heterocycles. The number of hydrogen-bond donors (Lipinski definition) is 1. The number of allylic oxidation sites excluding steroid dienone is 2. The first-order valence-electron chi connectivity index (χ1n) is 4.66. The molecule has 3 atom stereocenters. The molecule has 0 aromatic rings. The van der Waals surface area contributed by atoms with E-state index in [0.29, 0.717) is 4.48 Å². The number of carbonyl (C=O) groups is 3. The first-order valence-corrected chi connectivity index (χ1v) is 5.45. The number of ketones is 2. The summed E-state index contributed by atoms with van der Waals surface area (Å²) in [5.41, 5.74) is 0. The normalized spacial score (nSPS) is 35.0. The predicted molar refractivity (Wildman–Crippen MR) is 54.4 cm³/mol. The molecule has 3 aliphatic rings. The van der Waals surface area contributed by atoms with Crippen molar-refractivity contribution in [1.82, 2.24) is 0 Å². The lowest BCUT2D eigenvalue weighted by atomic mass is 9.80. The van der Waals surface area contributed by atoms with Gasteiger partial charge in [0.1, 0.15) is 11.6 Å². The SMILES string of the molecule is O=C1CC(=O)C2C=C(Br)C1CC2C(=O)O. The summed E-state index contributed by atoms with van der Waals surface area (Å²) < 4.78 is 0.667. The summed E-state index contributed by atoms with van der Waals surface area (Å²) in [5.74, 6) is -3.26. The van der Waals surface area contributed by atoms with Crippen molar-refractivity contribution in [2.75, 3.05) is 0 Å². The van der Waals surface area contributed by atoms with Crippen LogP contribution in [0, 0.1) is 17.8 Å². The molecule has 80 valence electrons. The molecule has 0 aliphatic heterocycles. The zero-order chi connectivity index (χ0) is 11.2. The molecule has 0 amide bonds. The molecular weight excluding hydrogens is 264 g/mol. The Hall–Kier alpha value is -0.970. The van der Waals surface area contributed by atoms with Crippen LogP contribution >= 0.6 is 15.9 Å². The number of aliphatic carboxylic acids is 1. The second-order valence-corrected chi connectivity index (χ2v) is 4.84. The zero-order valence-corrected chi connectivity index (χ0v) is 9.36. The van der Waals surface area contributed by atoms with Crippen molar-refractivity contribution in [2.45, 2.75) is 12.8 Å². The molecule has 1 saturated carbocycles.